The van der Waals surface area contributed by atoms with Crippen molar-refractivity contribution in [2.24, 2.45) is 10.9 Å². The molecule has 6 nitrogen and oxygen atoms in total. The summed E-state index contributed by atoms with van der Waals surface area (Å²) >= 11 is 0. The fourth-order valence-electron chi connectivity index (χ4n) is 3.33. The smallest absolute Gasteiger partial charge is 0.191 e. The predicted molar refractivity (Wildman–Crippen MR) is 112 cm³/mol. The molecule has 0 aliphatic carbocycles. The molecule has 152 valence electrons. The number of aliphatic imine (C=N–C) groups is 1. The van der Waals surface area contributed by atoms with Gasteiger partial charge in [0.1, 0.15) is 5.75 Å². The van der Waals surface area contributed by atoms with Crippen molar-refractivity contribution in [3.63, 3.8) is 0 Å². The molecule has 0 amide bonds. The lowest BCUT2D eigenvalue weighted by molar-refractivity contribution is 0.171. The Kier molecular flexibility index (Phi) is 9.42. The van der Waals surface area contributed by atoms with E-state index >= 15 is 0 Å². The zero-order chi connectivity index (χ0) is 19.5. The van der Waals surface area contributed by atoms with Crippen molar-refractivity contribution in [3.8, 4) is 5.75 Å². The van der Waals surface area contributed by atoms with E-state index < -0.39 is 0 Å². The summed E-state index contributed by atoms with van der Waals surface area (Å²) in [4.78, 5) is 6.86. The zero-order valence-corrected chi connectivity index (χ0v) is 17.4. The number of nitrogens with one attached hydrogen (secondary N) is 2. The van der Waals surface area contributed by atoms with Gasteiger partial charge >= 0.3 is 0 Å². The van der Waals surface area contributed by atoms with Crippen molar-refractivity contribution in [2.75, 3.05) is 53.6 Å². The number of methoxy groups -OCH3 is 1. The van der Waals surface area contributed by atoms with Crippen LogP contribution in [-0.2, 0) is 11.3 Å². The minimum Gasteiger partial charge on any atom is -0.493 e. The molecule has 1 aromatic rings. The largest absolute Gasteiger partial charge is 0.493 e. The van der Waals surface area contributed by atoms with E-state index in [9.17, 15) is 0 Å². The van der Waals surface area contributed by atoms with Crippen LogP contribution in [0.3, 0.4) is 0 Å². The summed E-state index contributed by atoms with van der Waals surface area (Å²) in [7, 11) is 3.53. The molecular weight excluding hydrogens is 340 g/mol. The van der Waals surface area contributed by atoms with E-state index in [4.69, 9.17) is 9.47 Å². The average molecular weight is 377 g/mol. The van der Waals surface area contributed by atoms with E-state index in [1.165, 1.54) is 25.1 Å². The molecule has 2 rings (SSSR count). The monoisotopic (exact) mass is 376 g/mol. The lowest BCUT2D eigenvalue weighted by atomic mass is 10.1. The maximum atomic E-state index is 5.97. The van der Waals surface area contributed by atoms with E-state index in [2.05, 4.69) is 52.6 Å². The van der Waals surface area contributed by atoms with Crippen molar-refractivity contribution in [1.82, 2.24) is 15.5 Å². The highest BCUT2D eigenvalue weighted by molar-refractivity contribution is 5.79. The number of rotatable bonds is 10. The maximum Gasteiger partial charge on any atom is 0.191 e. The topological polar surface area (TPSA) is 58.1 Å². The summed E-state index contributed by atoms with van der Waals surface area (Å²) in [5.41, 5.74) is 2.34. The minimum atomic E-state index is 0.660. The molecular formula is C21H36N4O2. The number of likely N-dealkylation sites (tertiary alicyclic amines) is 1. The van der Waals surface area contributed by atoms with Gasteiger partial charge in [-0.1, -0.05) is 19.1 Å². The van der Waals surface area contributed by atoms with Crippen LogP contribution in [-0.4, -0.2) is 64.4 Å². The van der Waals surface area contributed by atoms with Gasteiger partial charge in [0.25, 0.3) is 0 Å². The number of hydrogen-bond donors (Lipinski definition) is 2. The van der Waals surface area contributed by atoms with Crippen molar-refractivity contribution in [2.45, 2.75) is 33.2 Å². The molecule has 0 aromatic heterocycles. The lowest BCUT2D eigenvalue weighted by Crippen LogP contribution is -2.40. The molecule has 0 bridgehead atoms. The third kappa shape index (κ3) is 7.39. The molecule has 0 saturated carbocycles. The Bertz CT molecular complexity index is 592. The molecule has 27 heavy (non-hydrogen) atoms. The van der Waals surface area contributed by atoms with E-state index in [-0.39, 0.29) is 0 Å². The fraction of sp³-hybridized carbons (Fsp3) is 0.667. The molecule has 1 fully saturated rings. The number of guanidine groups is 1. The van der Waals surface area contributed by atoms with Crippen LogP contribution in [0, 0.1) is 12.8 Å². The lowest BCUT2D eigenvalue weighted by Gasteiger charge is -2.17. The molecule has 0 radical (unpaired) electrons. The highest BCUT2D eigenvalue weighted by atomic mass is 16.5. The van der Waals surface area contributed by atoms with Gasteiger partial charge in [-0.25, -0.2) is 0 Å². The van der Waals surface area contributed by atoms with Crippen LogP contribution < -0.4 is 15.4 Å². The summed E-state index contributed by atoms with van der Waals surface area (Å²) in [5, 5.41) is 6.89. The van der Waals surface area contributed by atoms with Crippen LogP contribution in [0.4, 0.5) is 0 Å². The Hall–Kier alpha value is -1.79. The first-order valence-corrected chi connectivity index (χ1v) is 10.0. The van der Waals surface area contributed by atoms with E-state index in [0.29, 0.717) is 25.7 Å². The molecule has 1 aromatic carbocycles. The van der Waals surface area contributed by atoms with Crippen molar-refractivity contribution < 1.29 is 9.47 Å². The van der Waals surface area contributed by atoms with E-state index in [0.717, 1.165) is 36.8 Å². The van der Waals surface area contributed by atoms with Crippen LogP contribution >= 0.6 is 0 Å². The third-order valence-electron chi connectivity index (χ3n) is 5.02. The predicted octanol–water partition coefficient (Wildman–Crippen LogP) is 2.42. The molecule has 1 unspecified atom stereocenters. The van der Waals surface area contributed by atoms with Gasteiger partial charge in [0.15, 0.2) is 5.96 Å². The van der Waals surface area contributed by atoms with Crippen molar-refractivity contribution >= 4 is 5.96 Å². The summed E-state index contributed by atoms with van der Waals surface area (Å²) in [5.74, 6) is 2.47. The van der Waals surface area contributed by atoms with Gasteiger partial charge in [0.05, 0.1) is 6.61 Å². The van der Waals surface area contributed by atoms with Crippen LogP contribution in [0.15, 0.2) is 23.2 Å². The Morgan fingerprint density at radius 2 is 2.15 bits per heavy atom. The number of nitrogens with zero attached hydrogens (tertiary/aromatic N) is 2. The second kappa shape index (κ2) is 11.8. The van der Waals surface area contributed by atoms with Gasteiger partial charge in [0.2, 0.25) is 0 Å². The minimum absolute atomic E-state index is 0.660. The number of benzene rings is 1. The Morgan fingerprint density at radius 1 is 1.30 bits per heavy atom. The summed E-state index contributed by atoms with van der Waals surface area (Å²) in [6.07, 6.45) is 2.14. The van der Waals surface area contributed by atoms with Crippen LogP contribution in [0.2, 0.25) is 0 Å². The molecule has 6 heteroatoms. The third-order valence-corrected chi connectivity index (χ3v) is 5.02. The van der Waals surface area contributed by atoms with Gasteiger partial charge in [-0.3, -0.25) is 4.99 Å². The first-order valence-electron chi connectivity index (χ1n) is 10.0. The van der Waals surface area contributed by atoms with Crippen LogP contribution in [0.25, 0.3) is 0 Å². The molecule has 1 atom stereocenters. The van der Waals surface area contributed by atoms with Gasteiger partial charge in [-0.15, -0.1) is 0 Å². The van der Waals surface area contributed by atoms with Crippen molar-refractivity contribution in [3.05, 3.63) is 29.3 Å². The second-order valence-corrected chi connectivity index (χ2v) is 7.16. The normalized spacial score (nSPS) is 17.9. The summed E-state index contributed by atoms with van der Waals surface area (Å²) in [6.45, 7) is 10.9. The standard InChI is InChI=1S/C21H36N4O2/c1-5-25-10-9-18(16-25)14-23-21(22-3)24-15-19-8-7-17(2)13-20(19)27-12-6-11-26-4/h7-8,13,18H,5-6,9-12,14-16H2,1-4H3,(H2,22,23,24). The molecule has 0 spiro atoms. The van der Waals surface area contributed by atoms with Gasteiger partial charge < -0.3 is 25.0 Å². The van der Waals surface area contributed by atoms with Gasteiger partial charge in [0, 0.05) is 52.4 Å². The first kappa shape index (κ1) is 21.5. The maximum absolute atomic E-state index is 5.97. The first-order chi connectivity index (χ1) is 13.2. The number of hydrogen-bond acceptors (Lipinski definition) is 4. The fourth-order valence-corrected chi connectivity index (χ4v) is 3.33. The molecule has 1 saturated heterocycles. The Balaban J connectivity index is 1.82. The number of aryl methyl sites for hydroxylation is 1. The Labute approximate surface area is 164 Å². The van der Waals surface area contributed by atoms with Crippen LogP contribution in [0.1, 0.15) is 30.9 Å². The molecule has 1 heterocycles. The highest BCUT2D eigenvalue weighted by Crippen LogP contribution is 2.20. The molecule has 1 aliphatic rings. The number of ether oxygens (including phenoxy) is 2. The van der Waals surface area contributed by atoms with E-state index in [1.807, 2.05) is 7.05 Å². The summed E-state index contributed by atoms with van der Waals surface area (Å²) in [6, 6.07) is 6.34. The average Bonchev–Trinajstić information content (AvgIpc) is 3.14. The zero-order valence-electron chi connectivity index (χ0n) is 17.4. The second-order valence-electron chi connectivity index (χ2n) is 7.16. The summed E-state index contributed by atoms with van der Waals surface area (Å²) < 4.78 is 11.1. The highest BCUT2D eigenvalue weighted by Gasteiger charge is 2.21. The van der Waals surface area contributed by atoms with E-state index in [1.54, 1.807) is 7.11 Å². The quantitative estimate of drug-likeness (QED) is 0.373. The Morgan fingerprint density at radius 3 is 2.85 bits per heavy atom. The van der Waals surface area contributed by atoms with Gasteiger partial charge in [-0.2, -0.15) is 0 Å². The SMILES string of the molecule is CCN1CCC(CNC(=NC)NCc2ccc(C)cc2OCCCOC)C1. The van der Waals surface area contributed by atoms with Crippen LogP contribution in [0.5, 0.6) is 5.75 Å². The van der Waals surface area contributed by atoms with Crippen molar-refractivity contribution in [1.29, 1.82) is 0 Å². The van der Waals surface area contributed by atoms with Gasteiger partial charge in [-0.05, 0) is 44.0 Å². The molecule has 2 N–H and O–H groups in total. The molecule has 1 aliphatic heterocycles.